The Morgan fingerprint density at radius 3 is 2.58 bits per heavy atom. The van der Waals surface area contributed by atoms with Gasteiger partial charge < -0.3 is 10.4 Å². The van der Waals surface area contributed by atoms with Crippen LogP contribution in [0.25, 0.3) is 5.69 Å². The van der Waals surface area contributed by atoms with Gasteiger partial charge in [0.2, 0.25) is 5.91 Å². The van der Waals surface area contributed by atoms with Crippen LogP contribution in [0.3, 0.4) is 0 Å². The van der Waals surface area contributed by atoms with Crippen LogP contribution in [0.2, 0.25) is 0 Å². The summed E-state index contributed by atoms with van der Waals surface area (Å²) in [6.07, 6.45) is 0.691. The summed E-state index contributed by atoms with van der Waals surface area (Å²) < 4.78 is 15.8. The molecule has 2 aromatic carbocycles. The molecule has 1 atom stereocenters. The van der Waals surface area contributed by atoms with Gasteiger partial charge in [-0.25, -0.2) is 9.07 Å². The average Bonchev–Trinajstić information content (AvgIpc) is 3.40. The zero-order valence-corrected chi connectivity index (χ0v) is 18.0. The zero-order chi connectivity index (χ0) is 23.5. The lowest BCUT2D eigenvalue weighted by atomic mass is 9.98. The van der Waals surface area contributed by atoms with Crippen molar-refractivity contribution >= 4 is 23.6 Å². The number of aromatic nitrogens is 2. The van der Waals surface area contributed by atoms with E-state index in [1.165, 1.54) is 33.8 Å². The third kappa shape index (κ3) is 4.62. The van der Waals surface area contributed by atoms with Gasteiger partial charge in [-0.15, -0.1) is 0 Å². The largest absolute Gasteiger partial charge is 0.481 e. The molecule has 1 aliphatic heterocycles. The highest BCUT2D eigenvalue weighted by Crippen LogP contribution is 2.28. The molecule has 1 aromatic heterocycles. The summed E-state index contributed by atoms with van der Waals surface area (Å²) in [5, 5.41) is 16.4. The highest BCUT2D eigenvalue weighted by Gasteiger charge is 2.29. The van der Waals surface area contributed by atoms with Crippen molar-refractivity contribution in [3.05, 3.63) is 77.2 Å². The summed E-state index contributed by atoms with van der Waals surface area (Å²) >= 11 is 0. The second kappa shape index (κ2) is 9.23. The van der Waals surface area contributed by atoms with Crippen molar-refractivity contribution < 1.29 is 23.9 Å². The van der Waals surface area contributed by atoms with Gasteiger partial charge >= 0.3 is 5.97 Å². The molecule has 2 N–H and O–H groups in total. The summed E-state index contributed by atoms with van der Waals surface area (Å²) in [7, 11) is 0. The molecule has 1 fully saturated rings. The fourth-order valence-electron chi connectivity index (χ4n) is 3.99. The van der Waals surface area contributed by atoms with Crippen molar-refractivity contribution in [3.63, 3.8) is 0 Å². The number of hydrogen-bond acceptors (Lipinski definition) is 4. The monoisotopic (exact) mass is 450 g/mol. The van der Waals surface area contributed by atoms with Gasteiger partial charge in [-0.1, -0.05) is 36.4 Å². The highest BCUT2D eigenvalue weighted by molar-refractivity contribution is 5.98. The minimum atomic E-state index is -1.07. The Labute approximate surface area is 189 Å². The van der Waals surface area contributed by atoms with E-state index in [0.717, 1.165) is 5.56 Å². The maximum atomic E-state index is 14.5. The van der Waals surface area contributed by atoms with E-state index in [9.17, 15) is 23.9 Å². The van der Waals surface area contributed by atoms with Crippen molar-refractivity contribution in [1.82, 2.24) is 15.1 Å². The van der Waals surface area contributed by atoms with Gasteiger partial charge in [0.15, 0.2) is 5.69 Å². The first kappa shape index (κ1) is 22.2. The number of rotatable bonds is 7. The van der Waals surface area contributed by atoms with Crippen molar-refractivity contribution in [1.29, 1.82) is 0 Å². The number of nitrogens with one attached hydrogen (secondary N) is 1. The van der Waals surface area contributed by atoms with Crippen LogP contribution in [-0.4, -0.2) is 39.2 Å². The van der Waals surface area contributed by atoms with Crippen LogP contribution in [-0.2, 0) is 9.59 Å². The number of nitrogens with zero attached hydrogens (tertiary/aromatic N) is 3. The molecule has 2 amide bonds. The summed E-state index contributed by atoms with van der Waals surface area (Å²) in [4.78, 5) is 38.4. The fraction of sp³-hybridized carbons (Fsp3) is 0.250. The molecular weight excluding hydrogens is 427 g/mol. The number of carbonyl (C=O) groups is 3. The molecule has 1 unspecified atom stereocenters. The summed E-state index contributed by atoms with van der Waals surface area (Å²) in [5.41, 5.74) is 1.57. The van der Waals surface area contributed by atoms with E-state index in [-0.39, 0.29) is 23.7 Å². The first-order chi connectivity index (χ1) is 15.8. The molecular formula is C24H23FN4O4. The van der Waals surface area contributed by atoms with E-state index in [0.29, 0.717) is 30.8 Å². The highest BCUT2D eigenvalue weighted by atomic mass is 19.1. The van der Waals surface area contributed by atoms with Crippen LogP contribution < -0.4 is 10.2 Å². The lowest BCUT2D eigenvalue weighted by Gasteiger charge is -2.18. The molecule has 1 saturated heterocycles. The molecule has 0 bridgehead atoms. The van der Waals surface area contributed by atoms with Gasteiger partial charge in [0, 0.05) is 19.0 Å². The summed E-state index contributed by atoms with van der Waals surface area (Å²) in [6, 6.07) is 13.8. The molecule has 33 heavy (non-hydrogen) atoms. The van der Waals surface area contributed by atoms with Crippen molar-refractivity contribution in [2.75, 3.05) is 11.4 Å². The lowest BCUT2D eigenvalue weighted by molar-refractivity contribution is -0.137. The number of carboxylic acid groups (broad SMARTS) is 1. The van der Waals surface area contributed by atoms with Gasteiger partial charge in [-0.3, -0.25) is 19.3 Å². The quantitative estimate of drug-likeness (QED) is 0.574. The Bertz CT molecular complexity index is 1220. The zero-order valence-electron chi connectivity index (χ0n) is 18.0. The van der Waals surface area contributed by atoms with Crippen LogP contribution in [0, 0.1) is 12.7 Å². The molecule has 0 spiro atoms. The van der Waals surface area contributed by atoms with Crippen molar-refractivity contribution in [3.8, 4) is 5.69 Å². The van der Waals surface area contributed by atoms with Crippen LogP contribution in [0.5, 0.6) is 0 Å². The van der Waals surface area contributed by atoms with Gasteiger partial charge in [0.1, 0.15) is 17.3 Å². The standard InChI is InChI=1S/C24H23FN4O4/c1-15-7-2-3-8-16(15)18(14-23(31)32)26-24(33)19-13-21(28-12-6-11-22(28)30)29(27-19)20-10-5-4-9-17(20)25/h2-5,7-10,13,18H,6,11-12,14H2,1H3,(H,26,33)(H,31,32). The number of carboxylic acids is 1. The molecule has 9 heteroatoms. The maximum Gasteiger partial charge on any atom is 0.305 e. The maximum absolute atomic E-state index is 14.5. The average molecular weight is 450 g/mol. The molecule has 0 aliphatic carbocycles. The van der Waals surface area contributed by atoms with E-state index in [4.69, 9.17) is 0 Å². The van der Waals surface area contributed by atoms with Gasteiger partial charge in [0.25, 0.3) is 5.91 Å². The number of amides is 2. The van der Waals surface area contributed by atoms with Gasteiger partial charge in [0.05, 0.1) is 12.5 Å². The van der Waals surface area contributed by atoms with Crippen molar-refractivity contribution in [2.24, 2.45) is 0 Å². The van der Waals surface area contributed by atoms with E-state index in [2.05, 4.69) is 10.4 Å². The molecule has 0 saturated carbocycles. The predicted octanol–water partition coefficient (Wildman–Crippen LogP) is 3.39. The number of carbonyl (C=O) groups excluding carboxylic acids is 2. The Kier molecular flexibility index (Phi) is 6.21. The first-order valence-electron chi connectivity index (χ1n) is 10.6. The van der Waals surface area contributed by atoms with Gasteiger partial charge in [-0.2, -0.15) is 5.10 Å². The van der Waals surface area contributed by atoms with Crippen LogP contribution >= 0.6 is 0 Å². The Morgan fingerprint density at radius 1 is 1.18 bits per heavy atom. The minimum absolute atomic E-state index is 0.0445. The Hall–Kier alpha value is -4.01. The number of anilines is 1. The molecule has 8 nitrogen and oxygen atoms in total. The lowest BCUT2D eigenvalue weighted by Crippen LogP contribution is -2.31. The number of benzene rings is 2. The van der Waals surface area contributed by atoms with E-state index in [1.54, 1.807) is 18.2 Å². The molecule has 1 aliphatic rings. The molecule has 170 valence electrons. The van der Waals surface area contributed by atoms with Crippen LogP contribution in [0.15, 0.2) is 54.6 Å². The third-order valence-corrected chi connectivity index (χ3v) is 5.60. The van der Waals surface area contributed by atoms with Crippen LogP contribution in [0.4, 0.5) is 10.2 Å². The second-order valence-corrected chi connectivity index (χ2v) is 7.88. The Balaban J connectivity index is 1.71. The minimum Gasteiger partial charge on any atom is -0.481 e. The topological polar surface area (TPSA) is 105 Å². The molecule has 0 radical (unpaired) electrons. The fourth-order valence-corrected chi connectivity index (χ4v) is 3.99. The summed E-state index contributed by atoms with van der Waals surface area (Å²) in [6.45, 7) is 2.27. The van der Waals surface area contributed by atoms with Crippen LogP contribution in [0.1, 0.15) is 46.9 Å². The third-order valence-electron chi connectivity index (χ3n) is 5.60. The predicted molar refractivity (Wildman–Crippen MR) is 119 cm³/mol. The number of halogens is 1. The number of para-hydroxylation sites is 1. The van der Waals surface area contributed by atoms with E-state index >= 15 is 0 Å². The SMILES string of the molecule is Cc1ccccc1C(CC(=O)O)NC(=O)c1cc(N2CCCC2=O)n(-c2ccccc2F)n1. The number of hydrogen-bond donors (Lipinski definition) is 2. The van der Waals surface area contributed by atoms with Gasteiger partial charge in [-0.05, 0) is 36.6 Å². The Morgan fingerprint density at radius 2 is 1.91 bits per heavy atom. The first-order valence-corrected chi connectivity index (χ1v) is 10.6. The second-order valence-electron chi connectivity index (χ2n) is 7.88. The van der Waals surface area contributed by atoms with E-state index in [1.807, 2.05) is 19.1 Å². The number of aliphatic carboxylic acids is 1. The van der Waals surface area contributed by atoms with Crippen molar-refractivity contribution in [2.45, 2.75) is 32.2 Å². The molecule has 2 heterocycles. The number of aryl methyl sites for hydroxylation is 1. The normalized spacial score (nSPS) is 14.4. The summed E-state index contributed by atoms with van der Waals surface area (Å²) in [5.74, 6) is -2.08. The van der Waals surface area contributed by atoms with E-state index < -0.39 is 23.7 Å². The smallest absolute Gasteiger partial charge is 0.305 e. The molecule has 3 aromatic rings. The molecule has 4 rings (SSSR count).